The zero-order chi connectivity index (χ0) is 12.3. The van der Waals surface area contributed by atoms with Crippen LogP contribution in [0.25, 0.3) is 0 Å². The first-order valence-corrected chi connectivity index (χ1v) is 5.22. The van der Waals surface area contributed by atoms with E-state index in [-0.39, 0.29) is 36.1 Å². The van der Waals surface area contributed by atoms with Crippen molar-refractivity contribution in [3.8, 4) is 0 Å². The molecule has 1 saturated heterocycles. The van der Waals surface area contributed by atoms with Gasteiger partial charge in [0.2, 0.25) is 0 Å². The Hall–Kier alpha value is -0.300. The zero-order valence-electron chi connectivity index (χ0n) is 10.8. The molecular weight excluding hydrogens is 235 g/mol. The van der Waals surface area contributed by atoms with Gasteiger partial charge in [-0.25, -0.2) is 4.79 Å². The van der Waals surface area contributed by atoms with Crippen LogP contribution in [0.15, 0.2) is 0 Å². The fourth-order valence-electron chi connectivity index (χ4n) is 1.40. The quantitative estimate of drug-likeness (QED) is 0.480. The molecule has 0 spiro atoms. The van der Waals surface area contributed by atoms with Crippen LogP contribution in [0.1, 0.15) is 20.8 Å². The summed E-state index contributed by atoms with van der Waals surface area (Å²) in [6.07, 6.45) is -0.486. The minimum absolute atomic E-state index is 0. The van der Waals surface area contributed by atoms with Crippen molar-refractivity contribution in [3.63, 3.8) is 0 Å². The summed E-state index contributed by atoms with van der Waals surface area (Å²) in [6, 6.07) is -0.818. The van der Waals surface area contributed by atoms with Gasteiger partial charge in [-0.1, -0.05) is 0 Å². The van der Waals surface area contributed by atoms with Crippen molar-refractivity contribution in [2.75, 3.05) is 19.6 Å². The number of carbonyl (C=O) groups excluding carboxylic acids is 2. The normalized spacial score (nSPS) is 20.4. The first-order valence-electron chi connectivity index (χ1n) is 5.22. The van der Waals surface area contributed by atoms with Crippen LogP contribution in [-0.4, -0.2) is 48.2 Å². The number of carboxylic acid groups (broad SMARTS) is 1. The number of carboxylic acids is 1. The molecule has 92 valence electrons. The van der Waals surface area contributed by atoms with E-state index in [1.807, 2.05) is 0 Å². The molecule has 1 aliphatic rings. The number of nitrogens with zero attached hydrogens (tertiary/aromatic N) is 1. The molecule has 0 saturated carbocycles. The molecule has 1 aliphatic heterocycles. The minimum atomic E-state index is -1.20. The van der Waals surface area contributed by atoms with Crippen molar-refractivity contribution in [1.82, 2.24) is 10.2 Å². The van der Waals surface area contributed by atoms with E-state index in [0.717, 1.165) is 0 Å². The molecule has 1 fully saturated rings. The molecule has 0 aromatic carbocycles. The summed E-state index contributed by atoms with van der Waals surface area (Å²) in [5.41, 5.74) is -0.571. The topological polar surface area (TPSA) is 81.7 Å². The van der Waals surface area contributed by atoms with Crippen molar-refractivity contribution in [1.29, 1.82) is 0 Å². The maximum atomic E-state index is 11.6. The van der Waals surface area contributed by atoms with Crippen LogP contribution in [0.4, 0.5) is 4.79 Å². The third-order valence-electron chi connectivity index (χ3n) is 2.11. The molecule has 7 heteroatoms. The predicted molar refractivity (Wildman–Crippen MR) is 54.6 cm³/mol. The molecule has 0 unspecified atom stereocenters. The van der Waals surface area contributed by atoms with Crippen LogP contribution in [0.5, 0.6) is 0 Å². The van der Waals surface area contributed by atoms with Gasteiger partial charge < -0.3 is 24.9 Å². The summed E-state index contributed by atoms with van der Waals surface area (Å²) >= 11 is 0. The van der Waals surface area contributed by atoms with Crippen molar-refractivity contribution in [2.24, 2.45) is 0 Å². The summed E-state index contributed by atoms with van der Waals surface area (Å²) in [7, 11) is 0. The molecule has 6 nitrogen and oxygen atoms in total. The van der Waals surface area contributed by atoms with Gasteiger partial charge in [-0.3, -0.25) is 0 Å². The summed E-state index contributed by atoms with van der Waals surface area (Å²) in [6.45, 7) is 6.25. The summed E-state index contributed by atoms with van der Waals surface area (Å²) in [5.74, 6) is -1.20. The largest absolute Gasteiger partial charge is 1.00 e. The van der Waals surface area contributed by atoms with Crippen molar-refractivity contribution in [3.05, 3.63) is 0 Å². The van der Waals surface area contributed by atoms with Gasteiger partial charge in [0.1, 0.15) is 5.60 Å². The SMILES string of the molecule is CC(C)(C)OC(=O)N1CCN[C@@H](C(=O)[O-])C1.[Na+]. The fraction of sp³-hybridized carbons (Fsp3) is 0.800. The maximum Gasteiger partial charge on any atom is 1.00 e. The number of aliphatic carboxylic acids is 1. The maximum absolute atomic E-state index is 11.6. The molecule has 0 aliphatic carbocycles. The number of piperazine rings is 1. The summed E-state index contributed by atoms with van der Waals surface area (Å²) < 4.78 is 5.15. The van der Waals surface area contributed by atoms with E-state index in [4.69, 9.17) is 4.74 Å². The van der Waals surface area contributed by atoms with Crippen LogP contribution in [-0.2, 0) is 9.53 Å². The summed E-state index contributed by atoms with van der Waals surface area (Å²) in [4.78, 5) is 23.7. The standard InChI is InChI=1S/C10H18N2O4.Na/c1-10(2,3)16-9(15)12-5-4-11-7(6-12)8(13)14;/h7,11H,4-6H2,1-3H3,(H,13,14);/q;+1/p-1/t7-;/m1./s1. The molecule has 17 heavy (non-hydrogen) atoms. The van der Waals surface area contributed by atoms with Gasteiger partial charge >= 0.3 is 35.7 Å². The molecule has 0 bridgehead atoms. The Morgan fingerprint density at radius 1 is 1.41 bits per heavy atom. The fourth-order valence-corrected chi connectivity index (χ4v) is 1.40. The number of amides is 1. The molecule has 1 rings (SSSR count). The molecule has 0 aromatic rings. The Morgan fingerprint density at radius 2 is 2.00 bits per heavy atom. The third-order valence-corrected chi connectivity index (χ3v) is 2.11. The smallest absolute Gasteiger partial charge is 0.548 e. The summed E-state index contributed by atoms with van der Waals surface area (Å²) in [5, 5.41) is 13.4. The Balaban J connectivity index is 0.00000256. The van der Waals surface area contributed by atoms with E-state index in [0.29, 0.717) is 13.1 Å². The molecule has 1 amide bonds. The van der Waals surface area contributed by atoms with E-state index in [1.54, 1.807) is 20.8 Å². The van der Waals surface area contributed by atoms with Crippen molar-refractivity contribution < 1.29 is 49.0 Å². The Labute approximate surface area is 123 Å². The average molecular weight is 252 g/mol. The van der Waals surface area contributed by atoms with Crippen LogP contribution in [0, 0.1) is 0 Å². The van der Waals surface area contributed by atoms with E-state index < -0.39 is 23.7 Å². The molecule has 0 radical (unpaired) electrons. The second kappa shape index (κ2) is 6.58. The number of hydrogen-bond acceptors (Lipinski definition) is 5. The number of ether oxygens (including phenoxy) is 1. The first-order chi connectivity index (χ1) is 7.29. The number of hydrogen-bond donors (Lipinski definition) is 1. The van der Waals surface area contributed by atoms with E-state index in [2.05, 4.69) is 5.32 Å². The monoisotopic (exact) mass is 252 g/mol. The van der Waals surface area contributed by atoms with Gasteiger partial charge in [-0.2, -0.15) is 0 Å². The molecular formula is C10H17N2NaO4. The number of rotatable bonds is 1. The van der Waals surface area contributed by atoms with Gasteiger partial charge in [-0.05, 0) is 20.8 Å². The van der Waals surface area contributed by atoms with Crippen LogP contribution in [0.3, 0.4) is 0 Å². The average Bonchev–Trinajstić information content (AvgIpc) is 2.15. The Morgan fingerprint density at radius 3 is 2.47 bits per heavy atom. The minimum Gasteiger partial charge on any atom is -0.548 e. The second-order valence-electron chi connectivity index (χ2n) is 4.75. The van der Waals surface area contributed by atoms with E-state index >= 15 is 0 Å². The molecule has 1 N–H and O–H groups in total. The van der Waals surface area contributed by atoms with Gasteiger partial charge in [0.05, 0.1) is 12.0 Å². The van der Waals surface area contributed by atoms with Crippen LogP contribution in [0.2, 0.25) is 0 Å². The third kappa shape index (κ3) is 5.72. The van der Waals surface area contributed by atoms with Crippen LogP contribution >= 0.6 is 0 Å². The predicted octanol–water partition coefficient (Wildman–Crippen LogP) is -4.05. The molecule has 1 atom stereocenters. The molecule has 1 heterocycles. The Bertz CT molecular complexity index is 291. The van der Waals surface area contributed by atoms with Crippen LogP contribution < -0.4 is 40.0 Å². The van der Waals surface area contributed by atoms with E-state index in [1.165, 1.54) is 4.90 Å². The zero-order valence-corrected chi connectivity index (χ0v) is 12.8. The second-order valence-corrected chi connectivity index (χ2v) is 4.75. The van der Waals surface area contributed by atoms with Crippen molar-refractivity contribution >= 4 is 12.1 Å². The number of carbonyl (C=O) groups is 2. The first kappa shape index (κ1) is 16.7. The van der Waals surface area contributed by atoms with Gasteiger partial charge in [0, 0.05) is 19.6 Å². The Kier molecular flexibility index (Phi) is 6.47. The van der Waals surface area contributed by atoms with Gasteiger partial charge in [0.25, 0.3) is 0 Å². The van der Waals surface area contributed by atoms with Gasteiger partial charge in [-0.15, -0.1) is 0 Å². The number of nitrogens with one attached hydrogen (secondary N) is 1. The molecule has 0 aromatic heterocycles. The van der Waals surface area contributed by atoms with Crippen molar-refractivity contribution in [2.45, 2.75) is 32.4 Å². The van der Waals surface area contributed by atoms with E-state index in [9.17, 15) is 14.7 Å². The van der Waals surface area contributed by atoms with Gasteiger partial charge in [0.15, 0.2) is 0 Å².